The highest BCUT2D eigenvalue weighted by Crippen LogP contribution is 2.47. The van der Waals surface area contributed by atoms with E-state index in [4.69, 9.17) is 15.2 Å². The van der Waals surface area contributed by atoms with Gasteiger partial charge in [-0.2, -0.15) is 0 Å². The fourth-order valence-electron chi connectivity index (χ4n) is 10.9. The van der Waals surface area contributed by atoms with Gasteiger partial charge in [-0.1, -0.05) is 36.4 Å². The molecule has 1 aliphatic carbocycles. The van der Waals surface area contributed by atoms with Crippen LogP contribution < -0.4 is 46.9 Å². The number of nitrogens with one attached hydrogen (secondary N) is 6. The minimum absolute atomic E-state index is 0.0411. The van der Waals surface area contributed by atoms with Crippen LogP contribution >= 0.6 is 0 Å². The molecule has 10 rings (SSSR count). The average molecular weight is 1090 g/mol. The smallest absolute Gasteiger partial charge is 0.415 e. The molecule has 0 bridgehead atoms. The second-order valence-electron chi connectivity index (χ2n) is 20.7. The Morgan fingerprint density at radius 1 is 0.738 bits per heavy atom. The van der Waals surface area contributed by atoms with Crippen molar-refractivity contribution >= 4 is 92.3 Å². The van der Waals surface area contributed by atoms with Gasteiger partial charge >= 0.3 is 12.2 Å². The molecule has 0 radical (unpaired) electrons. The standard InChI is InChI=1S/C57H64N12O11/c1-65-25-27-66(28-26-65)55(77)80-47-30-46-39(38-5-2-3-6-41(38)47)17-23-67(46)53(75)44-29-42-40-18-24-68(45(40)13-12-43(42)63-44)56(78)79-34-35-8-10-37(11-9-35)62-54(76)57(31-36(57)16-19-58)64-50(72)33-59-32-49(71)61-21-20-60-48(70)7-4-22-69-51(73)14-15-52(69)74/h2-3,5-6,8-15,29-30,36,59,63H,4,7,16-28,31-34,58H2,1H3,(H,60,70)(H,61,71)(H,62,76)(H,64,72). The summed E-state index contributed by atoms with van der Waals surface area (Å²) >= 11 is 0. The second-order valence-corrected chi connectivity index (χ2v) is 20.7. The number of fused-ring (bicyclic) bond motifs is 6. The molecule has 418 valence electrons. The largest absolute Gasteiger partial charge is 0.444 e. The van der Waals surface area contributed by atoms with Gasteiger partial charge in [0.1, 0.15) is 23.6 Å². The molecule has 4 aliphatic heterocycles. The molecule has 5 heterocycles. The first kappa shape index (κ1) is 54.7. The number of amides is 9. The van der Waals surface area contributed by atoms with E-state index in [1.54, 1.807) is 39.0 Å². The Balaban J connectivity index is 0.682. The third-order valence-corrected chi connectivity index (χ3v) is 15.4. The van der Waals surface area contributed by atoms with Crippen molar-refractivity contribution < 1.29 is 52.6 Å². The molecule has 9 amide bonds. The molecule has 2 fully saturated rings. The van der Waals surface area contributed by atoms with Crippen molar-refractivity contribution in [3.63, 3.8) is 0 Å². The Hall–Kier alpha value is -8.67. The summed E-state index contributed by atoms with van der Waals surface area (Å²) in [5.41, 5.74) is 10.2. The van der Waals surface area contributed by atoms with E-state index < -0.39 is 47.3 Å². The lowest BCUT2D eigenvalue weighted by Crippen LogP contribution is -2.51. The van der Waals surface area contributed by atoms with E-state index in [0.717, 1.165) is 50.8 Å². The first-order valence-electron chi connectivity index (χ1n) is 27.0. The van der Waals surface area contributed by atoms with Gasteiger partial charge in [-0.25, -0.2) is 9.59 Å². The van der Waals surface area contributed by atoms with Crippen LogP contribution in [0.5, 0.6) is 5.75 Å². The number of hydrogen-bond donors (Lipinski definition) is 7. The molecular formula is C57H64N12O11. The Bertz CT molecular complexity index is 3300. The van der Waals surface area contributed by atoms with Crippen molar-refractivity contribution in [2.24, 2.45) is 11.7 Å². The summed E-state index contributed by atoms with van der Waals surface area (Å²) in [5, 5.41) is 16.4. The first-order chi connectivity index (χ1) is 38.7. The van der Waals surface area contributed by atoms with Crippen LogP contribution in [0.2, 0.25) is 0 Å². The minimum atomic E-state index is -1.19. The zero-order valence-corrected chi connectivity index (χ0v) is 44.4. The third kappa shape index (κ3) is 11.8. The predicted molar refractivity (Wildman–Crippen MR) is 296 cm³/mol. The van der Waals surface area contributed by atoms with Crippen molar-refractivity contribution in [3.8, 4) is 5.75 Å². The number of hydrogen-bond acceptors (Lipinski definition) is 14. The fourth-order valence-corrected chi connectivity index (χ4v) is 10.9. The van der Waals surface area contributed by atoms with Gasteiger partial charge in [-0.3, -0.25) is 48.7 Å². The highest BCUT2D eigenvalue weighted by molar-refractivity contribution is 6.13. The molecule has 2 atom stereocenters. The van der Waals surface area contributed by atoms with Crippen molar-refractivity contribution in [3.05, 3.63) is 107 Å². The Morgan fingerprint density at radius 3 is 2.16 bits per heavy atom. The zero-order valence-electron chi connectivity index (χ0n) is 44.4. The SMILES string of the molecule is CN1CCN(C(=O)Oc2cc3c(c4ccccc24)CCN3C(=O)c2cc3c4c(ccc3[nH]2)N(C(=O)OCc2ccc(NC(=O)C3(NC(=O)CNCC(=O)NCCNC(=O)CCCN5C(=O)C=CC5=O)CC3CCN)cc2)CC4)CC1. The summed E-state index contributed by atoms with van der Waals surface area (Å²) in [5.74, 6) is -2.42. The van der Waals surface area contributed by atoms with Crippen LogP contribution in [0.25, 0.3) is 21.7 Å². The van der Waals surface area contributed by atoms with Crippen LogP contribution in [0.1, 0.15) is 52.9 Å². The molecule has 23 heteroatoms. The lowest BCUT2D eigenvalue weighted by Gasteiger charge is -2.31. The molecule has 1 saturated heterocycles. The van der Waals surface area contributed by atoms with E-state index in [1.165, 1.54) is 12.2 Å². The van der Waals surface area contributed by atoms with Crippen LogP contribution in [0.3, 0.4) is 0 Å². The number of H-pyrrole nitrogens is 1. The van der Waals surface area contributed by atoms with Crippen molar-refractivity contribution in [1.29, 1.82) is 0 Å². The van der Waals surface area contributed by atoms with E-state index in [9.17, 15) is 43.2 Å². The highest BCUT2D eigenvalue weighted by atomic mass is 16.6. The Morgan fingerprint density at radius 2 is 1.43 bits per heavy atom. The van der Waals surface area contributed by atoms with Gasteiger partial charge in [-0.05, 0) is 104 Å². The zero-order chi connectivity index (χ0) is 56.1. The van der Waals surface area contributed by atoms with Gasteiger partial charge in [0.2, 0.25) is 23.6 Å². The number of rotatable bonds is 20. The van der Waals surface area contributed by atoms with Crippen LogP contribution in [0, 0.1) is 5.92 Å². The average Bonchev–Trinajstić information content (AvgIpc) is 4.03. The molecule has 2 unspecified atom stereocenters. The van der Waals surface area contributed by atoms with Crippen LogP contribution in [0.15, 0.2) is 84.9 Å². The second kappa shape index (κ2) is 23.7. The number of aromatic nitrogens is 1. The number of ether oxygens (including phenoxy) is 2. The monoisotopic (exact) mass is 1090 g/mol. The molecule has 23 nitrogen and oxygen atoms in total. The van der Waals surface area contributed by atoms with Crippen molar-refractivity contribution in [1.82, 2.24) is 41.0 Å². The van der Waals surface area contributed by atoms with Crippen molar-refractivity contribution in [2.75, 3.05) is 101 Å². The normalized spacial score (nSPS) is 18.4. The van der Waals surface area contributed by atoms with E-state index in [-0.39, 0.29) is 63.5 Å². The topological polar surface area (TPSA) is 290 Å². The number of benzene rings is 4. The summed E-state index contributed by atoms with van der Waals surface area (Å²) in [6.45, 7) is 3.76. The fraction of sp³-hybridized carbons (Fsp3) is 0.386. The number of nitrogens with two attached hydrogens (primary N) is 1. The van der Waals surface area contributed by atoms with Gasteiger partial charge in [0.25, 0.3) is 17.7 Å². The van der Waals surface area contributed by atoms with E-state index in [2.05, 4.69) is 36.5 Å². The minimum Gasteiger partial charge on any atom is -0.444 e. The molecule has 4 aromatic carbocycles. The van der Waals surface area contributed by atoms with E-state index in [1.807, 2.05) is 55.6 Å². The van der Waals surface area contributed by atoms with Gasteiger partial charge in [0, 0.05) is 106 Å². The number of carbonyl (C=O) groups excluding carboxylic acids is 9. The highest BCUT2D eigenvalue weighted by Gasteiger charge is 2.60. The van der Waals surface area contributed by atoms with Gasteiger partial charge in [0.15, 0.2) is 0 Å². The number of imide groups is 1. The molecule has 5 aromatic rings. The quantitative estimate of drug-likeness (QED) is 0.0436. The van der Waals surface area contributed by atoms with Gasteiger partial charge in [-0.15, -0.1) is 0 Å². The molecule has 1 saturated carbocycles. The third-order valence-electron chi connectivity index (χ3n) is 15.4. The maximum absolute atomic E-state index is 14.4. The number of piperazine rings is 1. The van der Waals surface area contributed by atoms with Gasteiger partial charge in [0.05, 0.1) is 24.5 Å². The van der Waals surface area contributed by atoms with Crippen molar-refractivity contribution in [2.45, 2.75) is 50.7 Å². The molecule has 8 N–H and O–H groups in total. The number of carbonyl (C=O) groups is 9. The molecule has 80 heavy (non-hydrogen) atoms. The first-order valence-corrected chi connectivity index (χ1v) is 27.0. The van der Waals surface area contributed by atoms with E-state index in [0.29, 0.717) is 98.9 Å². The lowest BCUT2D eigenvalue weighted by molar-refractivity contribution is -0.137. The summed E-state index contributed by atoms with van der Waals surface area (Å²) in [6.07, 6.45) is 3.90. The molecule has 1 aromatic heterocycles. The van der Waals surface area contributed by atoms with E-state index >= 15 is 0 Å². The number of aromatic amines is 1. The number of anilines is 3. The maximum atomic E-state index is 14.4. The van der Waals surface area contributed by atoms with Crippen LogP contribution in [0.4, 0.5) is 26.7 Å². The molecular weight excluding hydrogens is 1030 g/mol. The Labute approximate surface area is 460 Å². The van der Waals surface area contributed by atoms with Crippen LogP contribution in [-0.2, 0) is 53.0 Å². The summed E-state index contributed by atoms with van der Waals surface area (Å²) in [4.78, 5) is 127. The summed E-state index contributed by atoms with van der Waals surface area (Å²) in [7, 11) is 2.02. The predicted octanol–water partition coefficient (Wildman–Crippen LogP) is 2.66. The van der Waals surface area contributed by atoms with Crippen LogP contribution in [-0.4, -0.2) is 164 Å². The summed E-state index contributed by atoms with van der Waals surface area (Å²) < 4.78 is 11.8. The maximum Gasteiger partial charge on any atom is 0.415 e. The van der Waals surface area contributed by atoms with Gasteiger partial charge < -0.3 is 56.2 Å². The number of nitrogens with zero attached hydrogens (tertiary/aromatic N) is 5. The molecule has 0 spiro atoms. The summed E-state index contributed by atoms with van der Waals surface area (Å²) in [6, 6.07) is 22.0. The number of likely N-dealkylation sites (N-methyl/N-ethyl adjacent to an activating group) is 1. The Kier molecular flexibility index (Phi) is 16.2. The lowest BCUT2D eigenvalue weighted by atomic mass is 10.0. The molecule has 5 aliphatic rings.